The average molecular weight is 307 g/mol. The van der Waals surface area contributed by atoms with E-state index < -0.39 is 0 Å². The minimum atomic E-state index is 1.07. The van der Waals surface area contributed by atoms with Gasteiger partial charge in [0.05, 0.1) is 0 Å². The molecule has 0 rings (SSSR count). The molecule has 22 heavy (non-hydrogen) atoms. The molecule has 2 nitrogen and oxygen atoms in total. The summed E-state index contributed by atoms with van der Waals surface area (Å²) in [5, 5.41) is 6.05. The van der Waals surface area contributed by atoms with Crippen molar-refractivity contribution < 1.29 is 0 Å². The molecule has 128 valence electrons. The molecule has 0 unspecified atom stereocenters. The average Bonchev–Trinajstić information content (AvgIpc) is 2.50. The third-order valence-corrected chi connectivity index (χ3v) is 3.57. The van der Waals surface area contributed by atoms with Gasteiger partial charge in [-0.05, 0) is 57.8 Å². The number of hydrogen-bond donors (Lipinski definition) is 0. The van der Waals surface area contributed by atoms with Crippen molar-refractivity contribution in [3.63, 3.8) is 0 Å². The molecule has 0 bridgehead atoms. The summed E-state index contributed by atoms with van der Waals surface area (Å²) in [6.07, 6.45) is 26.8. The van der Waals surface area contributed by atoms with Crippen LogP contribution in [0.2, 0.25) is 0 Å². The zero-order valence-electron chi connectivity index (χ0n) is 15.3. The fraction of sp³-hybridized carbons (Fsp3) is 0.750. The first-order valence-electron chi connectivity index (χ1n) is 9.27. The van der Waals surface area contributed by atoms with Crippen molar-refractivity contribution >= 4 is 6.21 Å². The lowest BCUT2D eigenvalue weighted by molar-refractivity contribution is 0.439. The second-order valence-electron chi connectivity index (χ2n) is 6.15. The quantitative estimate of drug-likeness (QED) is 0.149. The summed E-state index contributed by atoms with van der Waals surface area (Å²) >= 11 is 0. The van der Waals surface area contributed by atoms with Gasteiger partial charge < -0.3 is 5.01 Å². The number of hydrazone groups is 1. The van der Waals surface area contributed by atoms with Crippen LogP contribution in [0.1, 0.15) is 84.0 Å². The van der Waals surface area contributed by atoms with E-state index in [9.17, 15) is 0 Å². The Morgan fingerprint density at radius 1 is 0.636 bits per heavy atom. The second-order valence-corrected chi connectivity index (χ2v) is 6.15. The van der Waals surface area contributed by atoms with Gasteiger partial charge in [0.2, 0.25) is 0 Å². The van der Waals surface area contributed by atoms with Crippen molar-refractivity contribution in [1.82, 2.24) is 5.01 Å². The van der Waals surface area contributed by atoms with Crippen molar-refractivity contribution in [2.24, 2.45) is 5.10 Å². The first-order chi connectivity index (χ1) is 10.8. The van der Waals surface area contributed by atoms with Gasteiger partial charge in [0.1, 0.15) is 0 Å². The summed E-state index contributed by atoms with van der Waals surface area (Å²) in [6.45, 7) is 2.27. The first kappa shape index (κ1) is 20.9. The van der Waals surface area contributed by atoms with Gasteiger partial charge in [0, 0.05) is 20.3 Å². The maximum Gasteiger partial charge on any atom is 0.0245 e. The van der Waals surface area contributed by atoms with E-state index in [2.05, 4.69) is 36.3 Å². The Hall–Kier alpha value is -1.05. The van der Waals surface area contributed by atoms with Gasteiger partial charge in [-0.2, -0.15) is 5.10 Å². The van der Waals surface area contributed by atoms with E-state index in [4.69, 9.17) is 0 Å². The number of hydrogen-bond acceptors (Lipinski definition) is 2. The number of nitrogens with zero attached hydrogens (tertiary/aromatic N) is 2. The van der Waals surface area contributed by atoms with Crippen LogP contribution >= 0.6 is 0 Å². The van der Waals surface area contributed by atoms with Crippen LogP contribution in [0.5, 0.6) is 0 Å². The standard InChI is InChI=1S/C20H38N2/c1-4-5-6-7-8-9-10-11-12-13-14-15-16-17-18-19-20-21-22(2)3/h9-10,15-16,20H,4-8,11-14,17-19H2,1-3H3/b10-9-,16-15-,21-20+. The summed E-state index contributed by atoms with van der Waals surface area (Å²) < 4.78 is 0. The Morgan fingerprint density at radius 2 is 1.14 bits per heavy atom. The van der Waals surface area contributed by atoms with Crippen LogP contribution in [-0.2, 0) is 0 Å². The Balaban J connectivity index is 3.21. The summed E-state index contributed by atoms with van der Waals surface area (Å²) in [5.74, 6) is 0. The molecule has 0 aromatic carbocycles. The highest BCUT2D eigenvalue weighted by atomic mass is 15.4. The van der Waals surface area contributed by atoms with Crippen molar-refractivity contribution in [3.05, 3.63) is 24.3 Å². The molecule has 0 aromatic rings. The lowest BCUT2D eigenvalue weighted by atomic mass is 10.1. The Kier molecular flexibility index (Phi) is 17.1. The Morgan fingerprint density at radius 3 is 1.64 bits per heavy atom. The maximum atomic E-state index is 4.21. The van der Waals surface area contributed by atoms with Crippen molar-refractivity contribution in [2.45, 2.75) is 84.0 Å². The first-order valence-corrected chi connectivity index (χ1v) is 9.27. The van der Waals surface area contributed by atoms with Crippen LogP contribution in [0.3, 0.4) is 0 Å². The molecule has 0 aliphatic heterocycles. The van der Waals surface area contributed by atoms with Crippen LogP contribution < -0.4 is 0 Å². The fourth-order valence-corrected chi connectivity index (χ4v) is 2.23. The van der Waals surface area contributed by atoms with Crippen molar-refractivity contribution in [1.29, 1.82) is 0 Å². The smallest absolute Gasteiger partial charge is 0.0245 e. The molecular weight excluding hydrogens is 268 g/mol. The number of rotatable bonds is 15. The van der Waals surface area contributed by atoms with E-state index in [1.807, 2.05) is 25.3 Å². The van der Waals surface area contributed by atoms with Crippen LogP contribution in [0, 0.1) is 0 Å². The Bertz CT molecular complexity index is 290. The molecule has 0 spiro atoms. The van der Waals surface area contributed by atoms with Crippen LogP contribution in [-0.4, -0.2) is 25.3 Å². The molecule has 0 heterocycles. The van der Waals surface area contributed by atoms with Gasteiger partial charge in [0.15, 0.2) is 0 Å². The molecule has 0 radical (unpaired) electrons. The molecule has 0 atom stereocenters. The molecular formula is C20H38N2. The molecule has 2 heteroatoms. The zero-order valence-corrected chi connectivity index (χ0v) is 15.3. The lowest BCUT2D eigenvalue weighted by Crippen LogP contribution is -2.01. The van der Waals surface area contributed by atoms with Crippen LogP contribution in [0.15, 0.2) is 29.4 Å². The molecule has 0 amide bonds. The van der Waals surface area contributed by atoms with Gasteiger partial charge in [-0.25, -0.2) is 0 Å². The summed E-state index contributed by atoms with van der Waals surface area (Å²) in [7, 11) is 3.91. The third-order valence-electron chi connectivity index (χ3n) is 3.57. The molecule has 0 aliphatic rings. The predicted octanol–water partition coefficient (Wildman–Crippen LogP) is 6.35. The third kappa shape index (κ3) is 18.9. The van der Waals surface area contributed by atoms with Gasteiger partial charge in [-0.15, -0.1) is 0 Å². The topological polar surface area (TPSA) is 15.6 Å². The number of unbranched alkanes of at least 4 members (excludes halogenated alkanes) is 9. The number of allylic oxidation sites excluding steroid dienone is 4. The second kappa shape index (κ2) is 18.0. The van der Waals surface area contributed by atoms with E-state index in [1.165, 1.54) is 70.6 Å². The minimum absolute atomic E-state index is 1.07. The van der Waals surface area contributed by atoms with Crippen LogP contribution in [0.25, 0.3) is 0 Å². The normalized spacial score (nSPS) is 12.1. The van der Waals surface area contributed by atoms with Crippen LogP contribution in [0.4, 0.5) is 0 Å². The maximum absolute atomic E-state index is 4.21. The van der Waals surface area contributed by atoms with E-state index in [0.717, 1.165) is 6.42 Å². The van der Waals surface area contributed by atoms with Crippen molar-refractivity contribution in [3.8, 4) is 0 Å². The summed E-state index contributed by atoms with van der Waals surface area (Å²) in [6, 6.07) is 0. The van der Waals surface area contributed by atoms with Gasteiger partial charge >= 0.3 is 0 Å². The van der Waals surface area contributed by atoms with E-state index >= 15 is 0 Å². The minimum Gasteiger partial charge on any atom is -0.303 e. The Labute approximate surface area is 139 Å². The largest absolute Gasteiger partial charge is 0.303 e. The lowest BCUT2D eigenvalue weighted by Gasteiger charge is -2.01. The molecule has 0 saturated carbocycles. The monoisotopic (exact) mass is 306 g/mol. The van der Waals surface area contributed by atoms with Gasteiger partial charge in [0.25, 0.3) is 0 Å². The molecule has 0 N–H and O–H groups in total. The highest BCUT2D eigenvalue weighted by molar-refractivity contribution is 5.56. The highest BCUT2D eigenvalue weighted by Gasteiger charge is 1.87. The predicted molar refractivity (Wildman–Crippen MR) is 102 cm³/mol. The SMILES string of the molecule is CCCCCC/C=C\CCCC/C=C\CCC/C=N/N(C)C. The van der Waals surface area contributed by atoms with Crippen molar-refractivity contribution in [2.75, 3.05) is 14.1 Å². The zero-order chi connectivity index (χ0) is 16.3. The summed E-state index contributed by atoms with van der Waals surface area (Å²) in [5.41, 5.74) is 0. The van der Waals surface area contributed by atoms with E-state index in [1.54, 1.807) is 0 Å². The molecule has 0 fully saturated rings. The highest BCUT2D eigenvalue weighted by Crippen LogP contribution is 2.06. The molecule has 0 saturated heterocycles. The van der Waals surface area contributed by atoms with E-state index in [0.29, 0.717) is 0 Å². The van der Waals surface area contributed by atoms with Gasteiger partial charge in [-0.3, -0.25) is 0 Å². The molecule has 0 aliphatic carbocycles. The van der Waals surface area contributed by atoms with E-state index in [-0.39, 0.29) is 0 Å². The fourth-order valence-electron chi connectivity index (χ4n) is 2.23. The van der Waals surface area contributed by atoms with Gasteiger partial charge in [-0.1, -0.05) is 50.5 Å². The molecule has 0 aromatic heterocycles. The summed E-state index contributed by atoms with van der Waals surface area (Å²) in [4.78, 5) is 0.